The van der Waals surface area contributed by atoms with Gasteiger partial charge in [0.05, 0.1) is 22.7 Å². The van der Waals surface area contributed by atoms with E-state index in [0.29, 0.717) is 39.0 Å². The molecule has 0 radical (unpaired) electrons. The lowest BCUT2D eigenvalue weighted by Crippen LogP contribution is -2.13. The van der Waals surface area contributed by atoms with E-state index in [-0.39, 0.29) is 12.4 Å². The molecule has 0 saturated heterocycles. The molecule has 216 valence electrons. The summed E-state index contributed by atoms with van der Waals surface area (Å²) in [6, 6.07) is 12.2. The van der Waals surface area contributed by atoms with E-state index in [1.807, 2.05) is 53.1 Å². The lowest BCUT2D eigenvalue weighted by molar-refractivity contribution is 0.459. The van der Waals surface area contributed by atoms with Crippen LogP contribution in [0.3, 0.4) is 0 Å². The Bertz CT molecular complexity index is 1690. The predicted octanol–water partition coefficient (Wildman–Crippen LogP) is 6.70. The summed E-state index contributed by atoms with van der Waals surface area (Å²) >= 11 is 6.07. The van der Waals surface area contributed by atoms with Gasteiger partial charge in [-0.1, -0.05) is 56.6 Å². The zero-order valence-electron chi connectivity index (χ0n) is 24.0. The molecule has 0 aliphatic rings. The van der Waals surface area contributed by atoms with Crippen molar-refractivity contribution in [1.29, 1.82) is 0 Å². The Morgan fingerprint density at radius 1 is 1.07 bits per heavy atom. The van der Waals surface area contributed by atoms with E-state index in [2.05, 4.69) is 41.8 Å². The first-order chi connectivity index (χ1) is 20.0. The van der Waals surface area contributed by atoms with Crippen molar-refractivity contribution >= 4 is 39.6 Å². The fourth-order valence-electron chi connectivity index (χ4n) is 3.91. The highest BCUT2D eigenvalue weighted by molar-refractivity contribution is 6.31. The topological polar surface area (TPSA) is 136 Å². The molecule has 4 heterocycles. The number of benzene rings is 2. The summed E-state index contributed by atoms with van der Waals surface area (Å²) in [7, 11) is 3.50. The Hall–Kier alpha value is -4.32. The number of H-pyrrole nitrogens is 1. The van der Waals surface area contributed by atoms with Crippen LogP contribution in [0.5, 0.6) is 0 Å². The molecule has 0 amide bonds. The van der Waals surface area contributed by atoms with Gasteiger partial charge >= 0.3 is 0 Å². The van der Waals surface area contributed by atoms with Crippen LogP contribution < -0.4 is 16.6 Å². The van der Waals surface area contributed by atoms with E-state index in [1.54, 1.807) is 48.4 Å². The van der Waals surface area contributed by atoms with Crippen LogP contribution in [0.25, 0.3) is 44.6 Å². The lowest BCUT2D eigenvalue weighted by atomic mass is 10.0. The fourth-order valence-corrected chi connectivity index (χ4v) is 4.08. The second-order valence-electron chi connectivity index (χ2n) is 8.17. The molecule has 6 rings (SSSR count). The van der Waals surface area contributed by atoms with Crippen LogP contribution in [0.1, 0.15) is 33.3 Å². The molecule has 0 saturated carbocycles. The van der Waals surface area contributed by atoms with Crippen LogP contribution in [0.15, 0.2) is 65.6 Å². The number of imidazole rings is 1. The standard InChI is InChI=1S/C24H17ClFN7O.2C2H6.CH6N2/c1-33-12-15(11-29-33)22-30-21-17(6-7-27-24(21)31-22)13-2-3-14(19(26)8-13)10-28-23-18-9-16(25)4-5-20(18)34-32-23;2*1-2;1-3-2/h2-9,11-12H,10H2,1H3,(H,28,32)(H,27,30,31);2*1-2H3;3H,2H2,1H3. The largest absolute Gasteiger partial charge is 0.363 e. The quantitative estimate of drug-likeness (QED) is 0.131. The number of nitrogens with two attached hydrogens (primary N) is 1. The van der Waals surface area contributed by atoms with Gasteiger partial charge in [0.25, 0.3) is 0 Å². The summed E-state index contributed by atoms with van der Waals surface area (Å²) < 4.78 is 22.1. The maximum atomic E-state index is 15.1. The molecular formula is C29H35ClFN9O. The van der Waals surface area contributed by atoms with Gasteiger partial charge in [0.15, 0.2) is 17.0 Å². The molecule has 0 fully saturated rings. The summed E-state index contributed by atoms with van der Waals surface area (Å²) in [6.45, 7) is 8.24. The third kappa shape index (κ3) is 7.26. The molecule has 12 heteroatoms. The van der Waals surface area contributed by atoms with Crippen LogP contribution in [-0.4, -0.2) is 36.9 Å². The van der Waals surface area contributed by atoms with Crippen LogP contribution in [-0.2, 0) is 13.6 Å². The normalized spacial score (nSPS) is 10.3. The summed E-state index contributed by atoms with van der Waals surface area (Å²) in [5.41, 5.74) is 7.01. The number of aryl methyl sites for hydroxylation is 1. The third-order valence-electron chi connectivity index (χ3n) is 5.61. The zero-order valence-corrected chi connectivity index (χ0v) is 24.7. The minimum Gasteiger partial charge on any atom is -0.363 e. The Morgan fingerprint density at radius 3 is 2.51 bits per heavy atom. The van der Waals surface area contributed by atoms with Crippen LogP contribution >= 0.6 is 11.6 Å². The zero-order chi connectivity index (χ0) is 29.9. The summed E-state index contributed by atoms with van der Waals surface area (Å²) in [5, 5.41) is 12.6. The van der Waals surface area contributed by atoms with Crippen molar-refractivity contribution in [3.05, 3.63) is 77.5 Å². The monoisotopic (exact) mass is 579 g/mol. The van der Waals surface area contributed by atoms with Crippen molar-refractivity contribution in [3.63, 3.8) is 0 Å². The minimum absolute atomic E-state index is 0.237. The molecule has 5 N–H and O–H groups in total. The number of aromatic nitrogens is 6. The van der Waals surface area contributed by atoms with Crippen molar-refractivity contribution < 1.29 is 8.91 Å². The SMILES string of the molecule is CC.CC.CNN.Cn1cc(-c2nc3nccc(-c4ccc(CNc5noc6ccc(Cl)cc56)c(F)c4)c3[nH]2)cn1. The molecule has 41 heavy (non-hydrogen) atoms. The second-order valence-corrected chi connectivity index (χ2v) is 8.60. The molecule has 0 bridgehead atoms. The Labute approximate surface area is 243 Å². The van der Waals surface area contributed by atoms with E-state index >= 15 is 4.39 Å². The van der Waals surface area contributed by atoms with Crippen molar-refractivity contribution in [3.8, 4) is 22.5 Å². The van der Waals surface area contributed by atoms with Gasteiger partial charge in [0.1, 0.15) is 11.6 Å². The Morgan fingerprint density at radius 2 is 1.83 bits per heavy atom. The number of hydrogen-bond donors (Lipinski definition) is 4. The van der Waals surface area contributed by atoms with Crippen molar-refractivity contribution in [2.45, 2.75) is 34.2 Å². The molecule has 10 nitrogen and oxygen atoms in total. The first-order valence-corrected chi connectivity index (χ1v) is 13.6. The lowest BCUT2D eigenvalue weighted by Gasteiger charge is -2.08. The van der Waals surface area contributed by atoms with Crippen molar-refractivity contribution in [2.75, 3.05) is 12.4 Å². The summed E-state index contributed by atoms with van der Waals surface area (Å²) in [4.78, 5) is 12.2. The van der Waals surface area contributed by atoms with E-state index in [0.717, 1.165) is 22.0 Å². The first kappa shape index (κ1) is 31.2. The van der Waals surface area contributed by atoms with Gasteiger partial charge in [-0.3, -0.25) is 16.0 Å². The van der Waals surface area contributed by atoms with E-state index < -0.39 is 0 Å². The van der Waals surface area contributed by atoms with Crippen molar-refractivity contribution in [2.24, 2.45) is 12.9 Å². The van der Waals surface area contributed by atoms with Gasteiger partial charge in [0.2, 0.25) is 0 Å². The number of nitrogens with one attached hydrogen (secondary N) is 3. The van der Waals surface area contributed by atoms with Gasteiger partial charge < -0.3 is 14.8 Å². The van der Waals surface area contributed by atoms with Crippen LogP contribution in [0.2, 0.25) is 5.02 Å². The highest BCUT2D eigenvalue weighted by Gasteiger charge is 2.15. The molecule has 0 spiro atoms. The molecular weight excluding hydrogens is 545 g/mol. The molecule has 2 aromatic carbocycles. The maximum absolute atomic E-state index is 15.1. The number of fused-ring (bicyclic) bond motifs is 2. The highest BCUT2D eigenvalue weighted by Crippen LogP contribution is 2.30. The van der Waals surface area contributed by atoms with Gasteiger partial charge in [-0.2, -0.15) is 5.10 Å². The Balaban J connectivity index is 0.000000610. The van der Waals surface area contributed by atoms with Gasteiger partial charge in [0, 0.05) is 42.1 Å². The van der Waals surface area contributed by atoms with Gasteiger partial charge in [-0.25, -0.2) is 14.4 Å². The van der Waals surface area contributed by atoms with E-state index in [1.165, 1.54) is 6.07 Å². The maximum Gasteiger partial charge on any atom is 0.178 e. The smallest absolute Gasteiger partial charge is 0.178 e. The first-order valence-electron chi connectivity index (χ1n) is 13.3. The number of anilines is 1. The number of nitrogens with zero attached hydrogens (tertiary/aromatic N) is 5. The third-order valence-corrected chi connectivity index (χ3v) is 5.85. The second kappa shape index (κ2) is 14.9. The van der Waals surface area contributed by atoms with Gasteiger partial charge in [-0.05, 0) is 42.9 Å². The number of aromatic amines is 1. The minimum atomic E-state index is -0.340. The molecule has 4 aromatic heterocycles. The van der Waals surface area contributed by atoms with E-state index in [4.69, 9.17) is 16.1 Å². The predicted molar refractivity (Wildman–Crippen MR) is 164 cm³/mol. The summed E-state index contributed by atoms with van der Waals surface area (Å²) in [5.74, 6) is 5.43. The number of pyridine rings is 1. The Kier molecular flexibility index (Phi) is 11.3. The molecule has 0 unspecified atom stereocenters. The number of halogens is 2. The molecule has 0 atom stereocenters. The average Bonchev–Trinajstić information content (AvgIpc) is 3.73. The highest BCUT2D eigenvalue weighted by atomic mass is 35.5. The number of rotatable bonds is 5. The molecule has 0 aliphatic carbocycles. The fraction of sp³-hybridized carbons (Fsp3) is 0.241. The van der Waals surface area contributed by atoms with E-state index in [9.17, 15) is 0 Å². The molecule has 6 aromatic rings. The molecule has 0 aliphatic heterocycles. The number of hydrogen-bond acceptors (Lipinski definition) is 8. The van der Waals surface area contributed by atoms with Crippen molar-refractivity contribution in [1.82, 2.24) is 35.3 Å². The van der Waals surface area contributed by atoms with Crippen LogP contribution in [0, 0.1) is 5.82 Å². The van der Waals surface area contributed by atoms with Gasteiger partial charge in [-0.15, -0.1) is 0 Å². The average molecular weight is 580 g/mol. The number of hydrazine groups is 1. The van der Waals surface area contributed by atoms with Crippen LogP contribution in [0.4, 0.5) is 10.2 Å². The summed E-state index contributed by atoms with van der Waals surface area (Å²) in [6.07, 6.45) is 5.26.